The minimum Gasteiger partial charge on any atom is -0.464 e. The number of ether oxygens (including phenoxy) is 1. The minimum absolute atomic E-state index is 0.218. The fourth-order valence-electron chi connectivity index (χ4n) is 1.95. The highest BCUT2D eigenvalue weighted by molar-refractivity contribution is 6.07. The van der Waals surface area contributed by atoms with Crippen LogP contribution in [0.25, 0.3) is 0 Å². The van der Waals surface area contributed by atoms with Crippen molar-refractivity contribution in [1.82, 2.24) is 9.97 Å². The summed E-state index contributed by atoms with van der Waals surface area (Å²) in [5.74, 6) is -0.187. The van der Waals surface area contributed by atoms with E-state index in [1.807, 2.05) is 14.1 Å². The van der Waals surface area contributed by atoms with E-state index >= 15 is 0 Å². The number of esters is 1. The smallest absolute Gasteiger partial charge is 0.356 e. The van der Waals surface area contributed by atoms with Gasteiger partial charge in [-0.2, -0.15) is 0 Å². The second kappa shape index (κ2) is 6.30. The van der Waals surface area contributed by atoms with Gasteiger partial charge in [0.15, 0.2) is 0 Å². The van der Waals surface area contributed by atoms with Gasteiger partial charge in [-0.3, -0.25) is 4.79 Å². The fourth-order valence-corrected chi connectivity index (χ4v) is 1.95. The van der Waals surface area contributed by atoms with E-state index in [2.05, 4.69) is 20.0 Å². The molecular formula is C15H18N4O3. The Labute approximate surface area is 128 Å². The number of aromatic amines is 1. The van der Waals surface area contributed by atoms with E-state index in [9.17, 15) is 9.59 Å². The van der Waals surface area contributed by atoms with E-state index in [1.54, 1.807) is 36.2 Å². The predicted molar refractivity (Wildman–Crippen MR) is 83.4 cm³/mol. The van der Waals surface area contributed by atoms with Crippen LogP contribution in [0, 0.1) is 6.92 Å². The monoisotopic (exact) mass is 302 g/mol. The molecule has 0 bridgehead atoms. The van der Waals surface area contributed by atoms with Crippen LogP contribution in [-0.2, 0) is 4.74 Å². The van der Waals surface area contributed by atoms with Gasteiger partial charge >= 0.3 is 5.97 Å². The second-order valence-electron chi connectivity index (χ2n) is 4.98. The van der Waals surface area contributed by atoms with Gasteiger partial charge < -0.3 is 19.9 Å². The van der Waals surface area contributed by atoms with Crippen LogP contribution in [0.1, 0.15) is 26.5 Å². The van der Waals surface area contributed by atoms with Gasteiger partial charge in [0.25, 0.3) is 5.91 Å². The predicted octanol–water partition coefficient (Wildman–Crippen LogP) is 1.82. The highest BCUT2D eigenvalue weighted by atomic mass is 16.5. The van der Waals surface area contributed by atoms with Crippen molar-refractivity contribution in [3.05, 3.63) is 41.3 Å². The number of amides is 1. The van der Waals surface area contributed by atoms with Gasteiger partial charge in [0, 0.05) is 31.5 Å². The summed E-state index contributed by atoms with van der Waals surface area (Å²) in [6.45, 7) is 1.79. The molecule has 0 saturated carbocycles. The topological polar surface area (TPSA) is 87.3 Å². The number of aromatic nitrogens is 2. The molecule has 7 nitrogen and oxygen atoms in total. The number of rotatable bonds is 4. The largest absolute Gasteiger partial charge is 0.464 e. The third-order valence-corrected chi connectivity index (χ3v) is 3.06. The molecule has 116 valence electrons. The fraction of sp³-hybridized carbons (Fsp3) is 0.267. The lowest BCUT2D eigenvalue weighted by Gasteiger charge is -2.12. The van der Waals surface area contributed by atoms with Crippen LogP contribution < -0.4 is 10.2 Å². The number of anilines is 2. The molecule has 2 heterocycles. The summed E-state index contributed by atoms with van der Waals surface area (Å²) in [5, 5.41) is 2.71. The maximum atomic E-state index is 12.3. The molecule has 7 heteroatoms. The second-order valence-corrected chi connectivity index (χ2v) is 4.98. The van der Waals surface area contributed by atoms with E-state index in [0.29, 0.717) is 17.1 Å². The first-order valence-electron chi connectivity index (χ1n) is 6.65. The highest BCUT2D eigenvalue weighted by Gasteiger charge is 2.17. The number of nitrogens with one attached hydrogen (secondary N) is 2. The molecule has 2 aromatic rings. The summed E-state index contributed by atoms with van der Waals surface area (Å²) in [6.07, 6.45) is 1.56. The quantitative estimate of drug-likeness (QED) is 0.841. The summed E-state index contributed by atoms with van der Waals surface area (Å²) in [4.78, 5) is 32.9. The number of nitrogens with zero attached hydrogens (tertiary/aromatic N) is 2. The van der Waals surface area contributed by atoms with Gasteiger partial charge in [0.05, 0.1) is 12.8 Å². The van der Waals surface area contributed by atoms with Crippen molar-refractivity contribution in [2.24, 2.45) is 0 Å². The molecule has 0 aliphatic carbocycles. The van der Waals surface area contributed by atoms with Crippen LogP contribution in [0.15, 0.2) is 24.4 Å². The number of aryl methyl sites for hydroxylation is 1. The first-order chi connectivity index (χ1) is 10.4. The van der Waals surface area contributed by atoms with Crippen LogP contribution in [0.4, 0.5) is 11.5 Å². The molecule has 1 amide bonds. The van der Waals surface area contributed by atoms with Crippen LogP contribution in [0.5, 0.6) is 0 Å². The Bertz CT molecular complexity index is 707. The number of carbonyl (C=O) groups excluding carboxylic acids is 2. The maximum Gasteiger partial charge on any atom is 0.356 e. The lowest BCUT2D eigenvalue weighted by Crippen LogP contribution is -2.16. The van der Waals surface area contributed by atoms with Gasteiger partial charge in [0.2, 0.25) is 0 Å². The zero-order chi connectivity index (χ0) is 16.3. The number of pyridine rings is 1. The van der Waals surface area contributed by atoms with E-state index in [-0.39, 0.29) is 11.6 Å². The van der Waals surface area contributed by atoms with Gasteiger partial charge in [-0.25, -0.2) is 9.78 Å². The molecule has 0 aliphatic rings. The molecule has 0 unspecified atom stereocenters. The van der Waals surface area contributed by atoms with Gasteiger partial charge in [-0.15, -0.1) is 0 Å². The van der Waals surface area contributed by atoms with Crippen molar-refractivity contribution < 1.29 is 14.3 Å². The third kappa shape index (κ3) is 3.25. The van der Waals surface area contributed by atoms with Gasteiger partial charge in [-0.05, 0) is 25.1 Å². The molecule has 2 N–H and O–H groups in total. The van der Waals surface area contributed by atoms with Crippen molar-refractivity contribution >= 4 is 23.4 Å². The molecular weight excluding hydrogens is 284 g/mol. The van der Waals surface area contributed by atoms with Crippen molar-refractivity contribution in [3.8, 4) is 0 Å². The molecule has 0 fully saturated rings. The van der Waals surface area contributed by atoms with Crippen molar-refractivity contribution in [2.45, 2.75) is 6.92 Å². The number of methoxy groups -OCH3 is 1. The number of hydrogen-bond acceptors (Lipinski definition) is 5. The Hall–Kier alpha value is -2.83. The molecule has 0 radical (unpaired) electrons. The van der Waals surface area contributed by atoms with Crippen LogP contribution in [-0.4, -0.2) is 43.0 Å². The lowest BCUT2D eigenvalue weighted by molar-refractivity contribution is 0.0596. The van der Waals surface area contributed by atoms with E-state index < -0.39 is 5.97 Å². The van der Waals surface area contributed by atoms with E-state index in [0.717, 1.165) is 5.69 Å². The third-order valence-electron chi connectivity index (χ3n) is 3.06. The Kier molecular flexibility index (Phi) is 4.45. The van der Waals surface area contributed by atoms with Crippen molar-refractivity contribution in [1.29, 1.82) is 0 Å². The molecule has 2 rings (SSSR count). The first kappa shape index (κ1) is 15.6. The number of hydrogen-bond donors (Lipinski definition) is 2. The average molecular weight is 302 g/mol. The van der Waals surface area contributed by atoms with Gasteiger partial charge in [-0.1, -0.05) is 0 Å². The normalized spacial score (nSPS) is 10.2. The Balaban J connectivity index is 2.26. The zero-order valence-corrected chi connectivity index (χ0v) is 12.9. The first-order valence-corrected chi connectivity index (χ1v) is 6.65. The molecule has 0 spiro atoms. The molecule has 0 saturated heterocycles. The summed E-state index contributed by atoms with van der Waals surface area (Å²) in [6, 6.07) is 4.96. The van der Waals surface area contributed by atoms with Crippen LogP contribution in [0.3, 0.4) is 0 Å². The van der Waals surface area contributed by atoms with Crippen molar-refractivity contribution in [3.63, 3.8) is 0 Å². The lowest BCUT2D eigenvalue weighted by atomic mass is 10.2. The minimum atomic E-state index is -0.535. The molecule has 0 aliphatic heterocycles. The zero-order valence-electron chi connectivity index (χ0n) is 12.9. The Morgan fingerprint density at radius 1 is 1.32 bits per heavy atom. The average Bonchev–Trinajstić information content (AvgIpc) is 2.87. The Morgan fingerprint density at radius 3 is 2.68 bits per heavy atom. The molecule has 0 aromatic carbocycles. The summed E-state index contributed by atoms with van der Waals surface area (Å²) in [5.41, 5.74) is 1.81. The van der Waals surface area contributed by atoms with E-state index in [1.165, 1.54) is 7.11 Å². The van der Waals surface area contributed by atoms with Crippen molar-refractivity contribution in [2.75, 3.05) is 31.4 Å². The molecule has 22 heavy (non-hydrogen) atoms. The van der Waals surface area contributed by atoms with Gasteiger partial charge in [0.1, 0.15) is 11.5 Å². The molecule has 0 atom stereocenters. The number of H-pyrrole nitrogens is 1. The highest BCUT2D eigenvalue weighted by Crippen LogP contribution is 2.19. The Morgan fingerprint density at radius 2 is 2.05 bits per heavy atom. The molecule has 2 aromatic heterocycles. The van der Waals surface area contributed by atoms with Crippen LogP contribution in [0.2, 0.25) is 0 Å². The number of carbonyl (C=O) groups is 2. The standard InChI is InChI=1S/C15H18N4O3/c1-9-7-11(13(17-9)15(21)22-4)18-14(20)10-5-6-16-12(8-10)19(2)3/h5-8,17H,1-4H3,(H,18,20). The SMILES string of the molecule is COC(=O)c1[nH]c(C)cc1NC(=O)c1ccnc(N(C)C)c1. The van der Waals surface area contributed by atoms with E-state index in [4.69, 9.17) is 0 Å². The van der Waals surface area contributed by atoms with Crippen LogP contribution >= 0.6 is 0 Å². The summed E-state index contributed by atoms with van der Waals surface area (Å²) in [7, 11) is 4.97. The summed E-state index contributed by atoms with van der Waals surface area (Å²) >= 11 is 0. The maximum absolute atomic E-state index is 12.3. The summed E-state index contributed by atoms with van der Waals surface area (Å²) < 4.78 is 4.69.